The SMILES string of the molecule is c1ccc(-c2c(-c3ccccc3)n3c4c(c5ccccc5cc24)B2c4cccc5c6cccc7c8ccc-3c2c8n(c45)c67)cc1. The summed E-state index contributed by atoms with van der Waals surface area (Å²) in [6.07, 6.45) is 0. The molecule has 7 aromatic carbocycles. The highest BCUT2D eigenvalue weighted by Crippen LogP contribution is 2.47. The molecule has 0 radical (unpaired) electrons. The first-order chi connectivity index (χ1) is 22.4. The van der Waals surface area contributed by atoms with E-state index in [9.17, 15) is 0 Å². The summed E-state index contributed by atoms with van der Waals surface area (Å²) in [5, 5.41) is 9.37. The van der Waals surface area contributed by atoms with Crippen molar-refractivity contribution in [3.05, 3.63) is 140 Å². The van der Waals surface area contributed by atoms with E-state index in [2.05, 4.69) is 148 Å². The molecule has 10 aromatic rings. The van der Waals surface area contributed by atoms with Crippen molar-refractivity contribution in [1.29, 1.82) is 0 Å². The minimum Gasteiger partial charge on any atom is -0.310 e. The van der Waals surface area contributed by atoms with E-state index >= 15 is 0 Å². The van der Waals surface area contributed by atoms with E-state index in [1.165, 1.54) is 104 Å². The molecule has 3 heteroatoms. The van der Waals surface area contributed by atoms with Crippen LogP contribution in [-0.2, 0) is 0 Å². The van der Waals surface area contributed by atoms with E-state index in [-0.39, 0.29) is 6.71 Å². The summed E-state index contributed by atoms with van der Waals surface area (Å²) in [4.78, 5) is 0. The lowest BCUT2D eigenvalue weighted by Crippen LogP contribution is -2.58. The zero-order chi connectivity index (χ0) is 29.0. The molecule has 3 aromatic heterocycles. The summed E-state index contributed by atoms with van der Waals surface area (Å²) in [6, 6.07) is 52.2. The van der Waals surface area contributed by atoms with Gasteiger partial charge in [-0.25, -0.2) is 0 Å². The molecule has 2 nitrogen and oxygen atoms in total. The summed E-state index contributed by atoms with van der Waals surface area (Å²) in [5.41, 5.74) is 16.1. The van der Waals surface area contributed by atoms with Crippen LogP contribution in [0.1, 0.15) is 0 Å². The Morgan fingerprint density at radius 2 is 1.07 bits per heavy atom. The van der Waals surface area contributed by atoms with Gasteiger partial charge in [-0.2, -0.15) is 0 Å². The van der Waals surface area contributed by atoms with E-state index in [0.29, 0.717) is 0 Å². The van der Waals surface area contributed by atoms with Crippen molar-refractivity contribution in [2.45, 2.75) is 0 Å². The van der Waals surface area contributed by atoms with Gasteiger partial charge in [0.05, 0.1) is 22.2 Å². The Morgan fingerprint density at radius 3 is 1.87 bits per heavy atom. The van der Waals surface area contributed by atoms with Crippen LogP contribution in [0.4, 0.5) is 0 Å². The topological polar surface area (TPSA) is 9.34 Å². The second-order valence-electron chi connectivity index (χ2n) is 12.8. The van der Waals surface area contributed by atoms with E-state index in [1.807, 2.05) is 0 Å². The highest BCUT2D eigenvalue weighted by Gasteiger charge is 2.42. The minimum absolute atomic E-state index is 0.132. The molecule has 0 unspecified atom stereocenters. The first kappa shape index (κ1) is 22.7. The Kier molecular flexibility index (Phi) is 3.85. The fourth-order valence-electron chi connectivity index (χ4n) is 9.25. The molecule has 0 amide bonds. The fraction of sp³-hybridized carbons (Fsp3) is 0. The van der Waals surface area contributed by atoms with Gasteiger partial charge in [-0.15, -0.1) is 0 Å². The molecule has 0 saturated heterocycles. The molecule has 204 valence electrons. The van der Waals surface area contributed by atoms with Crippen LogP contribution in [0.15, 0.2) is 140 Å². The molecule has 45 heavy (non-hydrogen) atoms. The Bertz CT molecular complexity index is 2910. The molecule has 0 atom stereocenters. The van der Waals surface area contributed by atoms with Crippen molar-refractivity contribution in [2.24, 2.45) is 0 Å². The molecule has 0 bridgehead atoms. The maximum Gasteiger partial charge on any atom is 0.253 e. The maximum atomic E-state index is 2.62. The van der Waals surface area contributed by atoms with Gasteiger partial charge in [0, 0.05) is 43.7 Å². The molecule has 12 rings (SSSR count). The van der Waals surface area contributed by atoms with Gasteiger partial charge in [0.25, 0.3) is 6.71 Å². The summed E-state index contributed by atoms with van der Waals surface area (Å²) in [6.45, 7) is 0.132. The zero-order valence-corrected chi connectivity index (χ0v) is 24.3. The van der Waals surface area contributed by atoms with Crippen molar-refractivity contribution < 1.29 is 0 Å². The smallest absolute Gasteiger partial charge is 0.253 e. The van der Waals surface area contributed by atoms with Gasteiger partial charge in [-0.3, -0.25) is 0 Å². The van der Waals surface area contributed by atoms with Crippen LogP contribution >= 0.6 is 0 Å². The third-order valence-corrected chi connectivity index (χ3v) is 10.8. The first-order valence-electron chi connectivity index (χ1n) is 15.8. The van der Waals surface area contributed by atoms with Crippen molar-refractivity contribution in [3.63, 3.8) is 0 Å². The number of fused-ring (bicyclic) bond motifs is 7. The molecular formula is C42H23BN2. The van der Waals surface area contributed by atoms with Crippen LogP contribution in [0.5, 0.6) is 0 Å². The molecule has 0 saturated carbocycles. The first-order valence-corrected chi connectivity index (χ1v) is 15.8. The average Bonchev–Trinajstić information content (AvgIpc) is 3.75. The number of benzene rings is 7. The highest BCUT2D eigenvalue weighted by atomic mass is 15.0. The monoisotopic (exact) mass is 566 g/mol. The van der Waals surface area contributed by atoms with Crippen LogP contribution in [-0.4, -0.2) is 15.7 Å². The zero-order valence-electron chi connectivity index (χ0n) is 24.3. The lowest BCUT2D eigenvalue weighted by molar-refractivity contribution is 1.14. The minimum atomic E-state index is 0.132. The van der Waals surface area contributed by atoms with Crippen LogP contribution in [0.3, 0.4) is 0 Å². The Morgan fingerprint density at radius 1 is 0.422 bits per heavy atom. The number of nitrogens with zero attached hydrogens (tertiary/aromatic N) is 2. The summed E-state index contributed by atoms with van der Waals surface area (Å²) in [7, 11) is 0. The third-order valence-electron chi connectivity index (χ3n) is 10.8. The van der Waals surface area contributed by atoms with Gasteiger partial charge in [-0.1, -0.05) is 127 Å². The van der Waals surface area contributed by atoms with E-state index in [4.69, 9.17) is 0 Å². The Balaban J connectivity index is 1.41. The lowest BCUT2D eigenvalue weighted by atomic mass is 9.34. The van der Waals surface area contributed by atoms with Crippen molar-refractivity contribution in [2.75, 3.05) is 0 Å². The number of aromatic nitrogens is 2. The van der Waals surface area contributed by atoms with Crippen molar-refractivity contribution in [3.8, 4) is 28.1 Å². The summed E-state index contributed by atoms with van der Waals surface area (Å²) in [5.74, 6) is 0. The summed E-state index contributed by atoms with van der Waals surface area (Å²) < 4.78 is 5.23. The largest absolute Gasteiger partial charge is 0.310 e. The number of para-hydroxylation sites is 2. The van der Waals surface area contributed by atoms with Crippen LogP contribution in [0, 0.1) is 0 Å². The van der Waals surface area contributed by atoms with Crippen LogP contribution in [0.2, 0.25) is 0 Å². The Hall–Kier alpha value is -5.80. The molecule has 2 aliphatic rings. The van der Waals surface area contributed by atoms with Gasteiger partial charge in [0.1, 0.15) is 0 Å². The van der Waals surface area contributed by atoms with Gasteiger partial charge in [0.2, 0.25) is 0 Å². The lowest BCUT2D eigenvalue weighted by Gasteiger charge is -2.32. The van der Waals surface area contributed by atoms with Gasteiger partial charge >= 0.3 is 0 Å². The molecule has 2 aliphatic heterocycles. The van der Waals surface area contributed by atoms with Crippen molar-refractivity contribution in [1.82, 2.24) is 8.97 Å². The normalized spacial score (nSPS) is 13.3. The quantitative estimate of drug-likeness (QED) is 0.186. The predicted octanol–water partition coefficient (Wildman–Crippen LogP) is 8.41. The molecular weight excluding hydrogens is 543 g/mol. The molecule has 0 aliphatic carbocycles. The van der Waals surface area contributed by atoms with Gasteiger partial charge in [-0.05, 0) is 50.4 Å². The van der Waals surface area contributed by atoms with Crippen LogP contribution < -0.4 is 16.4 Å². The second kappa shape index (κ2) is 7.64. The molecule has 0 N–H and O–H groups in total. The maximum absolute atomic E-state index is 2.62. The van der Waals surface area contributed by atoms with Crippen molar-refractivity contribution >= 4 is 82.9 Å². The van der Waals surface area contributed by atoms with Gasteiger partial charge < -0.3 is 8.97 Å². The van der Waals surface area contributed by atoms with E-state index in [0.717, 1.165) is 0 Å². The third kappa shape index (κ3) is 2.48. The predicted molar refractivity (Wildman–Crippen MR) is 191 cm³/mol. The van der Waals surface area contributed by atoms with Gasteiger partial charge in [0.15, 0.2) is 0 Å². The number of hydrogen-bond donors (Lipinski definition) is 0. The fourth-order valence-corrected chi connectivity index (χ4v) is 9.25. The van der Waals surface area contributed by atoms with Crippen LogP contribution in [0.25, 0.3) is 87.8 Å². The second-order valence-corrected chi connectivity index (χ2v) is 12.8. The van der Waals surface area contributed by atoms with E-state index in [1.54, 1.807) is 0 Å². The molecule has 5 heterocycles. The molecule has 0 fully saturated rings. The Labute approximate surface area is 258 Å². The standard InChI is InChI=1S/C42H23BN2/c1-3-11-24(12-4-1)35-32-23-26-15-7-8-16-27(26)36-42(32)44(38(35)25-13-5-2-6-14-25)34-22-21-31-29-18-9-17-28-30-19-10-20-33-40(30)45(39(28)29)41(31)37(34)43(33)36/h1-23H. The average molecular weight is 566 g/mol. The number of rotatable bonds is 2. The highest BCUT2D eigenvalue weighted by molar-refractivity contribution is 7.02. The summed E-state index contributed by atoms with van der Waals surface area (Å²) >= 11 is 0. The molecule has 0 spiro atoms. The van der Waals surface area contributed by atoms with E-state index < -0.39 is 0 Å². The number of hydrogen-bond acceptors (Lipinski definition) is 0.